The molecule has 3 rings (SSSR count). The zero-order valence-electron chi connectivity index (χ0n) is 12.2. The van der Waals surface area contributed by atoms with Crippen molar-refractivity contribution in [2.75, 3.05) is 5.32 Å². The second-order valence-corrected chi connectivity index (χ2v) is 5.68. The Balaban J connectivity index is 1.85. The Labute approximate surface area is 124 Å². The molecule has 0 unspecified atom stereocenters. The molecule has 4 heteroatoms. The molecule has 2 heterocycles. The SMILES string of the molecule is CC(C)CC(=O)Nc1ccc2c(c1)OCc1cnccc1-2. The Morgan fingerprint density at radius 3 is 3.00 bits per heavy atom. The van der Waals surface area contributed by atoms with Crippen molar-refractivity contribution in [1.82, 2.24) is 4.98 Å². The number of carbonyl (C=O) groups excluding carboxylic acids is 1. The molecular formula is C17H18N2O2. The lowest BCUT2D eigenvalue weighted by atomic mass is 9.98. The van der Waals surface area contributed by atoms with E-state index < -0.39 is 0 Å². The number of pyridine rings is 1. The maximum Gasteiger partial charge on any atom is 0.224 e. The summed E-state index contributed by atoms with van der Waals surface area (Å²) >= 11 is 0. The third-order valence-corrected chi connectivity index (χ3v) is 3.44. The Hall–Kier alpha value is -2.36. The number of hydrogen-bond acceptors (Lipinski definition) is 3. The number of nitrogens with one attached hydrogen (secondary N) is 1. The normalized spacial score (nSPS) is 12.3. The first-order valence-electron chi connectivity index (χ1n) is 7.13. The number of fused-ring (bicyclic) bond motifs is 3. The lowest BCUT2D eigenvalue weighted by Gasteiger charge is -2.21. The predicted octanol–water partition coefficient (Wildman–Crippen LogP) is 3.63. The number of hydrogen-bond donors (Lipinski definition) is 1. The smallest absolute Gasteiger partial charge is 0.224 e. The molecule has 1 aliphatic heterocycles. The van der Waals surface area contributed by atoms with E-state index in [2.05, 4.69) is 10.3 Å². The van der Waals surface area contributed by atoms with E-state index in [4.69, 9.17) is 4.74 Å². The van der Waals surface area contributed by atoms with Gasteiger partial charge >= 0.3 is 0 Å². The van der Waals surface area contributed by atoms with Crippen LogP contribution in [0.4, 0.5) is 5.69 Å². The topological polar surface area (TPSA) is 51.2 Å². The van der Waals surface area contributed by atoms with Crippen LogP contribution in [0.15, 0.2) is 36.7 Å². The summed E-state index contributed by atoms with van der Waals surface area (Å²) in [7, 11) is 0. The van der Waals surface area contributed by atoms with Crippen molar-refractivity contribution in [1.29, 1.82) is 0 Å². The molecule has 1 aliphatic rings. The molecule has 1 aromatic carbocycles. The molecule has 0 saturated heterocycles. The van der Waals surface area contributed by atoms with Gasteiger partial charge < -0.3 is 10.1 Å². The second-order valence-electron chi connectivity index (χ2n) is 5.68. The van der Waals surface area contributed by atoms with E-state index in [-0.39, 0.29) is 5.91 Å². The summed E-state index contributed by atoms with van der Waals surface area (Å²) in [5, 5.41) is 2.92. The molecule has 0 atom stereocenters. The lowest BCUT2D eigenvalue weighted by Crippen LogP contribution is -2.14. The molecule has 2 aromatic rings. The van der Waals surface area contributed by atoms with Gasteiger partial charge in [-0.15, -0.1) is 0 Å². The highest BCUT2D eigenvalue weighted by Crippen LogP contribution is 2.38. The summed E-state index contributed by atoms with van der Waals surface area (Å²) in [6.45, 7) is 4.57. The summed E-state index contributed by atoms with van der Waals surface area (Å²) < 4.78 is 5.76. The molecule has 0 radical (unpaired) electrons. The van der Waals surface area contributed by atoms with Gasteiger partial charge in [0.2, 0.25) is 5.91 Å². The van der Waals surface area contributed by atoms with Gasteiger partial charge in [0, 0.05) is 41.7 Å². The van der Waals surface area contributed by atoms with Gasteiger partial charge in [-0.05, 0) is 29.7 Å². The third kappa shape index (κ3) is 2.89. The van der Waals surface area contributed by atoms with E-state index in [1.54, 1.807) is 6.20 Å². The largest absolute Gasteiger partial charge is 0.488 e. The van der Waals surface area contributed by atoms with E-state index in [1.165, 1.54) is 0 Å². The molecule has 0 saturated carbocycles. The van der Waals surface area contributed by atoms with Crippen molar-refractivity contribution in [3.63, 3.8) is 0 Å². The maximum absolute atomic E-state index is 11.8. The van der Waals surface area contributed by atoms with Gasteiger partial charge in [-0.25, -0.2) is 0 Å². The van der Waals surface area contributed by atoms with E-state index in [0.29, 0.717) is 18.9 Å². The number of aromatic nitrogens is 1. The zero-order valence-corrected chi connectivity index (χ0v) is 12.2. The average Bonchev–Trinajstić information content (AvgIpc) is 2.46. The fourth-order valence-electron chi connectivity index (χ4n) is 2.49. The van der Waals surface area contributed by atoms with Crippen molar-refractivity contribution >= 4 is 11.6 Å². The number of ether oxygens (including phenoxy) is 1. The quantitative estimate of drug-likeness (QED) is 0.935. The molecule has 0 fully saturated rings. The average molecular weight is 282 g/mol. The van der Waals surface area contributed by atoms with Crippen molar-refractivity contribution in [2.24, 2.45) is 5.92 Å². The standard InChI is InChI=1S/C17H18N2O2/c1-11(2)7-17(20)19-13-3-4-15-14-5-6-18-9-12(14)10-21-16(15)8-13/h3-6,8-9,11H,7,10H2,1-2H3,(H,19,20). The monoisotopic (exact) mass is 282 g/mol. The molecule has 21 heavy (non-hydrogen) atoms. The minimum Gasteiger partial charge on any atom is -0.488 e. The first-order chi connectivity index (χ1) is 10.1. The van der Waals surface area contributed by atoms with Crippen LogP contribution < -0.4 is 10.1 Å². The van der Waals surface area contributed by atoms with E-state index in [0.717, 1.165) is 28.1 Å². The molecule has 1 aromatic heterocycles. The molecule has 108 valence electrons. The predicted molar refractivity (Wildman–Crippen MR) is 82.1 cm³/mol. The minimum absolute atomic E-state index is 0.0327. The van der Waals surface area contributed by atoms with Crippen LogP contribution in [0.5, 0.6) is 5.75 Å². The molecular weight excluding hydrogens is 264 g/mol. The number of amides is 1. The Morgan fingerprint density at radius 2 is 2.19 bits per heavy atom. The highest BCUT2D eigenvalue weighted by molar-refractivity contribution is 5.92. The molecule has 0 bridgehead atoms. The molecule has 1 amide bonds. The number of nitrogens with zero attached hydrogens (tertiary/aromatic N) is 1. The van der Waals surface area contributed by atoms with Gasteiger partial charge in [-0.3, -0.25) is 9.78 Å². The molecule has 0 aliphatic carbocycles. The summed E-state index contributed by atoms with van der Waals surface area (Å²) in [6, 6.07) is 7.78. The van der Waals surface area contributed by atoms with Crippen molar-refractivity contribution in [2.45, 2.75) is 26.9 Å². The number of rotatable bonds is 3. The lowest BCUT2D eigenvalue weighted by molar-refractivity contribution is -0.116. The number of benzene rings is 1. The first-order valence-corrected chi connectivity index (χ1v) is 7.13. The van der Waals surface area contributed by atoms with Crippen LogP contribution in [-0.2, 0) is 11.4 Å². The van der Waals surface area contributed by atoms with E-state index in [9.17, 15) is 4.79 Å². The maximum atomic E-state index is 11.8. The summed E-state index contributed by atoms with van der Waals surface area (Å²) in [6.07, 6.45) is 4.13. The van der Waals surface area contributed by atoms with Crippen LogP contribution in [-0.4, -0.2) is 10.9 Å². The summed E-state index contributed by atoms with van der Waals surface area (Å²) in [5.41, 5.74) is 4.05. The van der Waals surface area contributed by atoms with Gasteiger partial charge in [0.25, 0.3) is 0 Å². The highest BCUT2D eigenvalue weighted by atomic mass is 16.5. The highest BCUT2D eigenvalue weighted by Gasteiger charge is 2.17. The molecule has 0 spiro atoms. The molecule has 4 nitrogen and oxygen atoms in total. The van der Waals surface area contributed by atoms with Gasteiger partial charge in [0.05, 0.1) is 0 Å². The zero-order chi connectivity index (χ0) is 14.8. The second kappa shape index (κ2) is 5.56. The van der Waals surface area contributed by atoms with Crippen LogP contribution >= 0.6 is 0 Å². The van der Waals surface area contributed by atoms with Crippen LogP contribution in [0.25, 0.3) is 11.1 Å². The fourth-order valence-corrected chi connectivity index (χ4v) is 2.49. The van der Waals surface area contributed by atoms with Crippen LogP contribution in [0.2, 0.25) is 0 Å². The van der Waals surface area contributed by atoms with Gasteiger partial charge in [0.15, 0.2) is 0 Å². The third-order valence-electron chi connectivity index (χ3n) is 3.44. The fraction of sp³-hybridized carbons (Fsp3) is 0.294. The van der Waals surface area contributed by atoms with Gasteiger partial charge in [0.1, 0.15) is 12.4 Å². The van der Waals surface area contributed by atoms with Crippen molar-refractivity contribution < 1.29 is 9.53 Å². The van der Waals surface area contributed by atoms with E-state index in [1.807, 2.05) is 44.3 Å². The summed E-state index contributed by atoms with van der Waals surface area (Å²) in [4.78, 5) is 15.9. The van der Waals surface area contributed by atoms with Crippen molar-refractivity contribution in [3.8, 4) is 16.9 Å². The van der Waals surface area contributed by atoms with Crippen LogP contribution in [0.3, 0.4) is 0 Å². The van der Waals surface area contributed by atoms with Crippen molar-refractivity contribution in [3.05, 3.63) is 42.2 Å². The Morgan fingerprint density at radius 1 is 1.33 bits per heavy atom. The van der Waals surface area contributed by atoms with Crippen LogP contribution in [0, 0.1) is 5.92 Å². The van der Waals surface area contributed by atoms with Gasteiger partial charge in [-0.2, -0.15) is 0 Å². The van der Waals surface area contributed by atoms with Crippen LogP contribution in [0.1, 0.15) is 25.8 Å². The molecule has 1 N–H and O–H groups in total. The number of carbonyl (C=O) groups is 1. The summed E-state index contributed by atoms with van der Waals surface area (Å²) in [5.74, 6) is 1.18. The Bertz CT molecular complexity index is 680. The Kier molecular flexibility index (Phi) is 3.60. The number of anilines is 1. The van der Waals surface area contributed by atoms with E-state index >= 15 is 0 Å². The minimum atomic E-state index is 0.0327. The van der Waals surface area contributed by atoms with Gasteiger partial charge in [-0.1, -0.05) is 13.8 Å². The first kappa shape index (κ1) is 13.6.